The van der Waals surface area contributed by atoms with Crippen molar-refractivity contribution in [3.8, 4) is 0 Å². The summed E-state index contributed by atoms with van der Waals surface area (Å²) in [5.41, 5.74) is -1.04. The molecule has 1 aromatic heterocycles. The van der Waals surface area contributed by atoms with Gasteiger partial charge in [0.15, 0.2) is 0 Å². The standard InChI is InChI=1S/C17H11F3N2O3/c18-17(19,20)12-6-3-11(4-7-12)16(23)13-8-5-10-2-1-9-21-14(10)15(13)22(24)25/h1-9,16,23H. The van der Waals surface area contributed by atoms with Gasteiger partial charge < -0.3 is 5.11 Å². The summed E-state index contributed by atoms with van der Waals surface area (Å²) >= 11 is 0. The number of benzene rings is 2. The molecule has 3 rings (SSSR count). The topological polar surface area (TPSA) is 76.3 Å². The molecule has 0 radical (unpaired) electrons. The first-order valence-electron chi connectivity index (χ1n) is 7.16. The Bertz CT molecular complexity index is 940. The summed E-state index contributed by atoms with van der Waals surface area (Å²) < 4.78 is 37.9. The smallest absolute Gasteiger partial charge is 0.383 e. The Hall–Kier alpha value is -3.00. The van der Waals surface area contributed by atoms with E-state index in [0.29, 0.717) is 5.39 Å². The number of halogens is 3. The molecule has 25 heavy (non-hydrogen) atoms. The van der Waals surface area contributed by atoms with Crippen LogP contribution in [0.5, 0.6) is 0 Å². The molecule has 0 fully saturated rings. The third-order valence-corrected chi connectivity index (χ3v) is 3.81. The Morgan fingerprint density at radius 2 is 1.76 bits per heavy atom. The monoisotopic (exact) mass is 348 g/mol. The van der Waals surface area contributed by atoms with Crippen LogP contribution in [-0.4, -0.2) is 15.0 Å². The summed E-state index contributed by atoms with van der Waals surface area (Å²) in [4.78, 5) is 14.8. The fourth-order valence-corrected chi connectivity index (χ4v) is 2.59. The third kappa shape index (κ3) is 3.16. The molecule has 2 aromatic carbocycles. The van der Waals surface area contributed by atoms with Gasteiger partial charge in [-0.25, -0.2) is 4.98 Å². The molecule has 0 saturated heterocycles. The van der Waals surface area contributed by atoms with Gasteiger partial charge in [0.05, 0.1) is 16.1 Å². The molecule has 1 N–H and O–H groups in total. The van der Waals surface area contributed by atoms with Crippen LogP contribution in [0, 0.1) is 10.1 Å². The Morgan fingerprint density at radius 1 is 1.08 bits per heavy atom. The molecule has 0 aliphatic heterocycles. The number of aromatic nitrogens is 1. The van der Waals surface area contributed by atoms with Crippen molar-refractivity contribution in [2.75, 3.05) is 0 Å². The van der Waals surface area contributed by atoms with Crippen LogP contribution < -0.4 is 0 Å². The normalized spacial score (nSPS) is 13.0. The maximum Gasteiger partial charge on any atom is 0.416 e. The summed E-state index contributed by atoms with van der Waals surface area (Å²) in [5.74, 6) is 0. The number of fused-ring (bicyclic) bond motifs is 1. The fraction of sp³-hybridized carbons (Fsp3) is 0.118. The van der Waals surface area contributed by atoms with E-state index < -0.39 is 22.8 Å². The van der Waals surface area contributed by atoms with Gasteiger partial charge in [-0.05, 0) is 29.8 Å². The van der Waals surface area contributed by atoms with Crippen molar-refractivity contribution in [3.05, 3.63) is 81.5 Å². The van der Waals surface area contributed by atoms with E-state index in [0.717, 1.165) is 24.3 Å². The van der Waals surface area contributed by atoms with Gasteiger partial charge in [-0.2, -0.15) is 13.2 Å². The molecule has 1 unspecified atom stereocenters. The van der Waals surface area contributed by atoms with E-state index in [1.165, 1.54) is 12.3 Å². The summed E-state index contributed by atoms with van der Waals surface area (Å²) in [7, 11) is 0. The van der Waals surface area contributed by atoms with E-state index in [9.17, 15) is 28.4 Å². The van der Waals surface area contributed by atoms with Gasteiger partial charge in [-0.3, -0.25) is 10.1 Å². The predicted molar refractivity (Wildman–Crippen MR) is 83.9 cm³/mol. The number of rotatable bonds is 3. The van der Waals surface area contributed by atoms with E-state index in [-0.39, 0.29) is 22.3 Å². The van der Waals surface area contributed by atoms with Crippen molar-refractivity contribution in [3.63, 3.8) is 0 Å². The van der Waals surface area contributed by atoms with Crippen LogP contribution in [-0.2, 0) is 6.18 Å². The zero-order valence-corrected chi connectivity index (χ0v) is 12.6. The number of hydrogen-bond acceptors (Lipinski definition) is 4. The Morgan fingerprint density at radius 3 is 2.36 bits per heavy atom. The minimum absolute atomic E-state index is 0.0315. The van der Waals surface area contributed by atoms with Crippen LogP contribution >= 0.6 is 0 Å². The molecule has 0 aliphatic carbocycles. The largest absolute Gasteiger partial charge is 0.416 e. The van der Waals surface area contributed by atoms with E-state index in [2.05, 4.69) is 4.98 Å². The van der Waals surface area contributed by atoms with Crippen molar-refractivity contribution in [2.24, 2.45) is 0 Å². The molecule has 1 atom stereocenters. The first kappa shape index (κ1) is 16.8. The second kappa shape index (κ2) is 6.14. The minimum atomic E-state index is -4.50. The van der Waals surface area contributed by atoms with Crippen molar-refractivity contribution >= 4 is 16.6 Å². The summed E-state index contributed by atoms with van der Waals surface area (Å²) in [6, 6.07) is 10.1. The van der Waals surface area contributed by atoms with Crippen LogP contribution in [0.3, 0.4) is 0 Å². The molecule has 8 heteroatoms. The lowest BCUT2D eigenvalue weighted by atomic mass is 9.97. The van der Waals surface area contributed by atoms with E-state index >= 15 is 0 Å². The first-order valence-corrected chi connectivity index (χ1v) is 7.16. The number of aliphatic hydroxyl groups is 1. The van der Waals surface area contributed by atoms with Crippen LogP contribution in [0.2, 0.25) is 0 Å². The van der Waals surface area contributed by atoms with Crippen molar-refractivity contribution in [2.45, 2.75) is 12.3 Å². The summed E-state index contributed by atoms with van der Waals surface area (Å²) in [6.45, 7) is 0. The molecule has 1 heterocycles. The lowest BCUT2D eigenvalue weighted by molar-refractivity contribution is -0.384. The second-order valence-corrected chi connectivity index (χ2v) is 5.36. The molecular weight excluding hydrogens is 337 g/mol. The van der Waals surface area contributed by atoms with Crippen molar-refractivity contribution in [1.82, 2.24) is 4.98 Å². The van der Waals surface area contributed by atoms with Crippen molar-refractivity contribution in [1.29, 1.82) is 0 Å². The zero-order valence-electron chi connectivity index (χ0n) is 12.6. The van der Waals surface area contributed by atoms with Gasteiger partial charge in [-0.15, -0.1) is 0 Å². The number of pyridine rings is 1. The van der Waals surface area contributed by atoms with Gasteiger partial charge in [0.1, 0.15) is 11.6 Å². The van der Waals surface area contributed by atoms with Gasteiger partial charge in [0.2, 0.25) is 0 Å². The molecule has 5 nitrogen and oxygen atoms in total. The third-order valence-electron chi connectivity index (χ3n) is 3.81. The number of nitro benzene ring substituents is 1. The van der Waals surface area contributed by atoms with Crippen LogP contribution in [0.25, 0.3) is 10.9 Å². The highest BCUT2D eigenvalue weighted by Gasteiger charge is 2.31. The summed E-state index contributed by atoms with van der Waals surface area (Å²) in [6.07, 6.45) is -4.56. The Labute approximate surface area is 139 Å². The van der Waals surface area contributed by atoms with E-state index in [1.807, 2.05) is 0 Å². The number of hydrogen-bond donors (Lipinski definition) is 1. The maximum absolute atomic E-state index is 12.6. The van der Waals surface area contributed by atoms with Gasteiger partial charge in [-0.1, -0.05) is 24.3 Å². The predicted octanol–water partition coefficient (Wildman–Crippen LogP) is 4.24. The Kier molecular flexibility index (Phi) is 4.13. The second-order valence-electron chi connectivity index (χ2n) is 5.36. The molecule has 0 saturated carbocycles. The van der Waals surface area contributed by atoms with Crippen LogP contribution in [0.15, 0.2) is 54.7 Å². The lowest BCUT2D eigenvalue weighted by Crippen LogP contribution is -2.07. The highest BCUT2D eigenvalue weighted by Crippen LogP contribution is 2.36. The van der Waals surface area contributed by atoms with Crippen LogP contribution in [0.4, 0.5) is 18.9 Å². The zero-order chi connectivity index (χ0) is 18.2. The lowest BCUT2D eigenvalue weighted by Gasteiger charge is -2.14. The SMILES string of the molecule is O=[N+]([O-])c1c(C(O)c2ccc(C(F)(F)F)cc2)ccc2cccnc12. The van der Waals surface area contributed by atoms with Crippen molar-refractivity contribution < 1.29 is 23.2 Å². The molecule has 0 aliphatic rings. The molecule has 0 spiro atoms. The molecular formula is C17H11F3N2O3. The van der Waals surface area contributed by atoms with Gasteiger partial charge >= 0.3 is 11.9 Å². The summed E-state index contributed by atoms with van der Waals surface area (Å²) in [5, 5.41) is 22.4. The maximum atomic E-state index is 12.6. The average Bonchev–Trinajstić information content (AvgIpc) is 2.59. The number of alkyl halides is 3. The highest BCUT2D eigenvalue weighted by molar-refractivity contribution is 5.88. The number of nitrogens with zero attached hydrogens (tertiary/aromatic N) is 2. The fourth-order valence-electron chi connectivity index (χ4n) is 2.59. The number of aliphatic hydroxyl groups excluding tert-OH is 1. The van der Waals surface area contributed by atoms with E-state index in [4.69, 9.17) is 0 Å². The minimum Gasteiger partial charge on any atom is -0.383 e. The first-order chi connectivity index (χ1) is 11.8. The van der Waals surface area contributed by atoms with E-state index in [1.54, 1.807) is 18.2 Å². The highest BCUT2D eigenvalue weighted by atomic mass is 19.4. The van der Waals surface area contributed by atoms with Gasteiger partial charge in [0.25, 0.3) is 0 Å². The van der Waals surface area contributed by atoms with Gasteiger partial charge in [0, 0.05) is 11.6 Å². The molecule has 0 bridgehead atoms. The molecule has 0 amide bonds. The number of nitro groups is 1. The van der Waals surface area contributed by atoms with Crippen LogP contribution in [0.1, 0.15) is 22.8 Å². The molecule has 3 aromatic rings. The molecule has 128 valence electrons. The average molecular weight is 348 g/mol. The quantitative estimate of drug-likeness (QED) is 0.567. The Balaban J connectivity index is 2.09.